The fraction of sp³-hybridized carbons (Fsp3) is 0.391. The first-order valence-corrected chi connectivity index (χ1v) is 12.2. The molecule has 1 aromatic carbocycles. The first kappa shape index (κ1) is 25.1. The van der Waals surface area contributed by atoms with E-state index in [1.54, 1.807) is 36.3 Å². The van der Waals surface area contributed by atoms with Gasteiger partial charge in [-0.1, -0.05) is 6.07 Å². The van der Waals surface area contributed by atoms with E-state index in [0.29, 0.717) is 22.2 Å². The Labute approximate surface area is 210 Å². The molecule has 0 unspecified atom stereocenters. The van der Waals surface area contributed by atoms with Crippen molar-refractivity contribution >= 4 is 45.7 Å². The third kappa shape index (κ3) is 4.65. The molecule has 0 bridgehead atoms. The van der Waals surface area contributed by atoms with E-state index in [1.165, 1.54) is 4.40 Å². The van der Waals surface area contributed by atoms with Gasteiger partial charge in [0, 0.05) is 48.5 Å². The molecule has 1 aliphatic rings. The molecule has 5 rings (SSSR count). The monoisotopic (exact) mass is 540 g/mol. The Balaban J connectivity index is 1.70. The molecule has 0 spiro atoms. The van der Waals surface area contributed by atoms with Crippen molar-refractivity contribution in [1.29, 1.82) is 0 Å². The largest absolute Gasteiger partial charge is 0.476 e. The molecule has 4 aromatic rings. The molecule has 2 N–H and O–H groups in total. The van der Waals surface area contributed by atoms with Gasteiger partial charge >= 0.3 is 12.1 Å². The Bertz CT molecular complexity index is 1510. The summed E-state index contributed by atoms with van der Waals surface area (Å²) in [5.74, 6) is -3.97. The van der Waals surface area contributed by atoms with Crippen LogP contribution in [0.15, 0.2) is 23.7 Å². The number of imidazole rings is 1. The Hall–Kier alpha value is -3.55. The highest BCUT2D eigenvalue weighted by Gasteiger charge is 2.37. The van der Waals surface area contributed by atoms with Crippen molar-refractivity contribution in [1.82, 2.24) is 18.7 Å². The maximum Gasteiger partial charge on any atom is 0.434 e. The summed E-state index contributed by atoms with van der Waals surface area (Å²) in [6.45, 7) is 3.36. The summed E-state index contributed by atoms with van der Waals surface area (Å²) in [6, 6.07) is 2.94. The number of carboxylic acid groups (broad SMARTS) is 1. The van der Waals surface area contributed by atoms with E-state index in [0.717, 1.165) is 23.3 Å². The Morgan fingerprint density at radius 3 is 2.57 bits per heavy atom. The zero-order valence-corrected chi connectivity index (χ0v) is 20.4. The second-order valence-electron chi connectivity index (χ2n) is 9.07. The summed E-state index contributed by atoms with van der Waals surface area (Å²) in [6.07, 6.45) is -4.78. The lowest BCUT2D eigenvalue weighted by atomic mass is 10.0. The predicted molar refractivity (Wildman–Crippen MR) is 128 cm³/mol. The number of nitrogens with zero attached hydrogens (tertiary/aromatic N) is 5. The van der Waals surface area contributed by atoms with Crippen molar-refractivity contribution in [3.05, 3.63) is 46.2 Å². The van der Waals surface area contributed by atoms with Crippen LogP contribution >= 0.6 is 11.5 Å². The minimum absolute atomic E-state index is 0.00485. The summed E-state index contributed by atoms with van der Waals surface area (Å²) >= 11 is 0.970. The van der Waals surface area contributed by atoms with Crippen LogP contribution in [0.1, 0.15) is 53.1 Å². The van der Waals surface area contributed by atoms with Gasteiger partial charge in [-0.3, -0.25) is 4.40 Å². The number of halogens is 5. The molecule has 8 nitrogen and oxygen atoms in total. The zero-order valence-electron chi connectivity index (χ0n) is 19.6. The number of fused-ring (bicyclic) bond motifs is 3. The number of carbonyl (C=O) groups is 1. The fourth-order valence-electron chi connectivity index (χ4n) is 4.51. The number of aryl methyl sites for hydroxylation is 1. The van der Waals surface area contributed by atoms with Gasteiger partial charge in [-0.2, -0.15) is 17.5 Å². The molecule has 0 aliphatic carbocycles. The van der Waals surface area contributed by atoms with Gasteiger partial charge in [-0.05, 0) is 37.0 Å². The van der Waals surface area contributed by atoms with Gasteiger partial charge in [0.05, 0.1) is 17.2 Å². The molecule has 4 heterocycles. The molecule has 0 amide bonds. The van der Waals surface area contributed by atoms with Gasteiger partial charge in [-0.15, -0.1) is 0 Å². The summed E-state index contributed by atoms with van der Waals surface area (Å²) < 4.78 is 73.6. The molecule has 3 aromatic heterocycles. The van der Waals surface area contributed by atoms with E-state index in [4.69, 9.17) is 0 Å². The predicted octanol–water partition coefficient (Wildman–Crippen LogP) is 5.77. The molecule has 14 heteroatoms. The summed E-state index contributed by atoms with van der Waals surface area (Å²) in [5, 5.41) is 14.4. The van der Waals surface area contributed by atoms with Gasteiger partial charge < -0.3 is 15.3 Å². The number of anilines is 2. The number of piperidine rings is 1. The van der Waals surface area contributed by atoms with Crippen LogP contribution in [0.5, 0.6) is 0 Å². The summed E-state index contributed by atoms with van der Waals surface area (Å²) in [7, 11) is 0. The molecular weight excluding hydrogens is 519 g/mol. The minimum atomic E-state index is -4.72. The van der Waals surface area contributed by atoms with Gasteiger partial charge in [0.15, 0.2) is 11.4 Å². The van der Waals surface area contributed by atoms with Crippen LogP contribution < -0.4 is 10.2 Å². The van der Waals surface area contributed by atoms with Crippen LogP contribution in [0.3, 0.4) is 0 Å². The van der Waals surface area contributed by atoms with E-state index >= 15 is 0 Å². The van der Waals surface area contributed by atoms with Gasteiger partial charge in [-0.25, -0.2) is 23.5 Å². The lowest BCUT2D eigenvalue weighted by Gasteiger charge is -2.33. The van der Waals surface area contributed by atoms with Crippen LogP contribution in [-0.4, -0.2) is 48.8 Å². The molecule has 196 valence electrons. The van der Waals surface area contributed by atoms with Crippen LogP contribution in [0, 0.1) is 6.92 Å². The van der Waals surface area contributed by atoms with Crippen molar-refractivity contribution in [3.63, 3.8) is 0 Å². The lowest BCUT2D eigenvalue weighted by molar-refractivity contribution is -0.140. The molecule has 1 aliphatic heterocycles. The van der Waals surface area contributed by atoms with Crippen LogP contribution in [0.4, 0.5) is 33.6 Å². The van der Waals surface area contributed by atoms with Crippen molar-refractivity contribution in [2.45, 2.75) is 44.8 Å². The smallest absolute Gasteiger partial charge is 0.434 e. The molecule has 1 saturated heterocycles. The Morgan fingerprint density at radius 2 is 1.92 bits per heavy atom. The normalized spacial score (nSPS) is 16.9. The quantitative estimate of drug-likeness (QED) is 0.310. The van der Waals surface area contributed by atoms with E-state index < -0.39 is 42.6 Å². The number of hydrogen-bond donors (Lipinski definition) is 2. The molecular formula is C23H21F5N6O2S. The van der Waals surface area contributed by atoms with Crippen molar-refractivity contribution in [3.8, 4) is 0 Å². The zero-order chi connectivity index (χ0) is 26.7. The Morgan fingerprint density at radius 1 is 1.22 bits per heavy atom. The summed E-state index contributed by atoms with van der Waals surface area (Å²) in [4.78, 5) is 21.6. The lowest BCUT2D eigenvalue weighted by Crippen LogP contribution is -2.40. The van der Waals surface area contributed by atoms with Crippen LogP contribution in [-0.2, 0) is 6.18 Å². The number of alkyl halides is 5. The van der Waals surface area contributed by atoms with Gasteiger partial charge in [0.1, 0.15) is 5.65 Å². The summed E-state index contributed by atoms with van der Waals surface area (Å²) in [5.41, 5.74) is 0.676. The second kappa shape index (κ2) is 8.78. The third-order valence-corrected chi connectivity index (χ3v) is 6.97. The number of aromatic nitrogens is 4. The topological polar surface area (TPSA) is 95.6 Å². The fourth-order valence-corrected chi connectivity index (χ4v) is 5.13. The van der Waals surface area contributed by atoms with Crippen LogP contribution in [0.2, 0.25) is 0 Å². The van der Waals surface area contributed by atoms with E-state index in [9.17, 15) is 31.9 Å². The third-order valence-electron chi connectivity index (χ3n) is 6.34. The van der Waals surface area contributed by atoms with Crippen molar-refractivity contribution in [2.24, 2.45) is 0 Å². The standard InChI is InChI=1S/C23H21F5N6O2S/c1-11-7-13(12(2)29-15-10-37-32-18(15)20(35)36)17-14(8-11)19-30-16(23(26,27)28)9-34(19)21(31-17)33-5-3-22(24,25)4-6-33/h7-10,12,29H,3-6H2,1-2H3,(H,35,36)/t12-/m1/s1. The SMILES string of the molecule is Cc1cc([C@@H](C)Nc2csnc2C(=O)O)c2nc(N3CCC(F)(F)CC3)n3cc(C(F)(F)F)nc3c2c1. The van der Waals surface area contributed by atoms with Gasteiger partial charge in [0.25, 0.3) is 5.92 Å². The van der Waals surface area contributed by atoms with E-state index in [-0.39, 0.29) is 30.4 Å². The van der Waals surface area contributed by atoms with Crippen LogP contribution in [0.25, 0.3) is 16.6 Å². The average Bonchev–Trinajstić information content (AvgIpc) is 3.46. The molecule has 0 radical (unpaired) electrons. The number of nitrogens with one attached hydrogen (secondary N) is 1. The average molecular weight is 541 g/mol. The number of benzene rings is 1. The molecule has 37 heavy (non-hydrogen) atoms. The number of carboxylic acids is 1. The van der Waals surface area contributed by atoms with E-state index in [2.05, 4.69) is 19.7 Å². The first-order valence-electron chi connectivity index (χ1n) is 11.3. The number of aromatic carboxylic acids is 1. The highest BCUT2D eigenvalue weighted by Crippen LogP contribution is 2.37. The maximum atomic E-state index is 13.8. The maximum absolute atomic E-state index is 13.8. The highest BCUT2D eigenvalue weighted by molar-refractivity contribution is 7.04. The first-order chi connectivity index (χ1) is 17.3. The molecule has 1 atom stereocenters. The molecule has 0 saturated carbocycles. The number of rotatable bonds is 5. The minimum Gasteiger partial charge on any atom is -0.476 e. The van der Waals surface area contributed by atoms with E-state index in [1.807, 2.05) is 0 Å². The molecule has 1 fully saturated rings. The van der Waals surface area contributed by atoms with Crippen molar-refractivity contribution in [2.75, 3.05) is 23.3 Å². The highest BCUT2D eigenvalue weighted by atomic mass is 32.1. The number of hydrogen-bond acceptors (Lipinski definition) is 7. The second-order valence-corrected chi connectivity index (χ2v) is 9.70. The van der Waals surface area contributed by atoms with Crippen molar-refractivity contribution < 1.29 is 31.9 Å². The Kier molecular flexibility index (Phi) is 5.96. The van der Waals surface area contributed by atoms with Gasteiger partial charge in [0.2, 0.25) is 5.95 Å².